The third-order valence-corrected chi connectivity index (χ3v) is 6.88. The fraction of sp³-hybridized carbons (Fsp3) is 0.300. The number of nitrogens with one attached hydrogen (secondary N) is 2. The van der Waals surface area contributed by atoms with E-state index in [1.807, 2.05) is 30.3 Å². The lowest BCUT2D eigenvalue weighted by Gasteiger charge is -2.43. The van der Waals surface area contributed by atoms with Crippen molar-refractivity contribution in [1.82, 2.24) is 5.32 Å². The molecule has 2 aliphatic rings. The zero-order valence-electron chi connectivity index (χ0n) is 14.4. The summed E-state index contributed by atoms with van der Waals surface area (Å²) in [7, 11) is 0. The Labute approximate surface area is 172 Å². The molecule has 0 aromatic heterocycles. The van der Waals surface area contributed by atoms with Crippen LogP contribution >= 0.6 is 35.0 Å². The lowest BCUT2D eigenvalue weighted by Crippen LogP contribution is -2.51. The van der Waals surface area contributed by atoms with Crippen molar-refractivity contribution in [2.45, 2.75) is 41.4 Å². The number of carbonyl (C=O) groups excluding carboxylic acids is 2. The minimum Gasteiger partial charge on any atom is -0.347 e. The van der Waals surface area contributed by atoms with Crippen LogP contribution in [-0.2, 0) is 15.1 Å². The lowest BCUT2D eigenvalue weighted by molar-refractivity contribution is -0.126. The Hall–Kier alpha value is -1.69. The van der Waals surface area contributed by atoms with Crippen molar-refractivity contribution in [2.75, 3.05) is 5.32 Å². The van der Waals surface area contributed by atoms with Crippen molar-refractivity contribution < 1.29 is 9.59 Å². The Bertz CT molecular complexity index is 897. The summed E-state index contributed by atoms with van der Waals surface area (Å²) in [5, 5.41) is 6.80. The molecule has 0 bridgehead atoms. The van der Waals surface area contributed by atoms with Crippen LogP contribution in [0.4, 0.5) is 5.69 Å². The van der Waals surface area contributed by atoms with Gasteiger partial charge in [-0.25, -0.2) is 0 Å². The van der Waals surface area contributed by atoms with Crippen molar-refractivity contribution in [2.24, 2.45) is 0 Å². The number of hydrogen-bond acceptors (Lipinski definition) is 3. The predicted molar refractivity (Wildman–Crippen MR) is 109 cm³/mol. The minimum atomic E-state index is -0.457. The van der Waals surface area contributed by atoms with E-state index in [0.29, 0.717) is 15.7 Å². The number of anilines is 1. The van der Waals surface area contributed by atoms with Crippen LogP contribution in [0.15, 0.2) is 47.4 Å². The Morgan fingerprint density at radius 3 is 2.52 bits per heavy atom. The molecule has 27 heavy (non-hydrogen) atoms. The predicted octanol–water partition coefficient (Wildman–Crippen LogP) is 4.99. The summed E-state index contributed by atoms with van der Waals surface area (Å²) in [5.41, 5.74) is 1.42. The van der Waals surface area contributed by atoms with E-state index in [0.717, 1.165) is 29.7 Å². The van der Waals surface area contributed by atoms with E-state index >= 15 is 0 Å². The van der Waals surface area contributed by atoms with E-state index in [4.69, 9.17) is 23.2 Å². The molecular formula is C20H18Cl2N2O2S. The Morgan fingerprint density at radius 1 is 1.15 bits per heavy atom. The van der Waals surface area contributed by atoms with Gasteiger partial charge in [-0.1, -0.05) is 35.3 Å². The number of fused-ring (bicyclic) bond motifs is 1. The molecule has 0 spiro atoms. The molecule has 2 amide bonds. The summed E-state index contributed by atoms with van der Waals surface area (Å²) in [6.07, 6.45) is 2.99. The minimum absolute atomic E-state index is 0.116. The molecule has 1 saturated carbocycles. The highest BCUT2D eigenvalue weighted by atomic mass is 35.5. The summed E-state index contributed by atoms with van der Waals surface area (Å²) in [6, 6.07) is 13.0. The van der Waals surface area contributed by atoms with Gasteiger partial charge in [-0.3, -0.25) is 9.59 Å². The molecule has 140 valence electrons. The normalized spacial score (nSPS) is 20.2. The monoisotopic (exact) mass is 420 g/mol. The third kappa shape index (κ3) is 3.82. The second-order valence-electron chi connectivity index (χ2n) is 6.93. The zero-order valence-corrected chi connectivity index (χ0v) is 16.8. The van der Waals surface area contributed by atoms with Crippen LogP contribution < -0.4 is 10.6 Å². The highest BCUT2D eigenvalue weighted by molar-refractivity contribution is 8.01. The average molecular weight is 421 g/mol. The first-order valence-electron chi connectivity index (χ1n) is 8.79. The fourth-order valence-corrected chi connectivity index (χ4v) is 4.92. The first-order valence-corrected chi connectivity index (χ1v) is 10.4. The summed E-state index contributed by atoms with van der Waals surface area (Å²) in [6.45, 7) is 0. The number of amides is 2. The molecule has 4 nitrogen and oxygen atoms in total. The van der Waals surface area contributed by atoms with E-state index in [1.54, 1.807) is 12.1 Å². The second kappa shape index (κ2) is 7.38. The second-order valence-corrected chi connectivity index (χ2v) is 9.05. The fourth-order valence-electron chi connectivity index (χ4n) is 3.53. The van der Waals surface area contributed by atoms with Crippen molar-refractivity contribution in [1.29, 1.82) is 0 Å². The van der Waals surface area contributed by atoms with Gasteiger partial charge < -0.3 is 10.6 Å². The number of carbonyl (C=O) groups is 2. The van der Waals surface area contributed by atoms with E-state index in [-0.39, 0.29) is 23.8 Å². The van der Waals surface area contributed by atoms with Gasteiger partial charge in [-0.05, 0) is 55.2 Å². The van der Waals surface area contributed by atoms with Gasteiger partial charge in [-0.2, -0.15) is 0 Å². The standard InChI is InChI=1S/C20H18Cl2N2O2S/c21-13-4-2-12(3-5-13)20(8-1-9-20)24-18(25)11-17-19(26)23-15-10-14(22)6-7-16(15)27-17/h2-7,10,17H,1,8-9,11H2,(H,23,26)(H,24,25). The molecule has 0 saturated heterocycles. The summed E-state index contributed by atoms with van der Waals surface area (Å²) < 4.78 is 0. The van der Waals surface area contributed by atoms with Gasteiger partial charge in [0, 0.05) is 21.4 Å². The Balaban J connectivity index is 1.45. The molecule has 1 aliphatic heterocycles. The zero-order chi connectivity index (χ0) is 19.0. The van der Waals surface area contributed by atoms with Crippen LogP contribution in [0.3, 0.4) is 0 Å². The van der Waals surface area contributed by atoms with Crippen molar-refractivity contribution >= 4 is 52.5 Å². The first-order chi connectivity index (χ1) is 12.9. The van der Waals surface area contributed by atoms with Crippen LogP contribution in [0.1, 0.15) is 31.2 Å². The van der Waals surface area contributed by atoms with E-state index in [1.165, 1.54) is 11.8 Å². The van der Waals surface area contributed by atoms with Gasteiger partial charge >= 0.3 is 0 Å². The van der Waals surface area contributed by atoms with Gasteiger partial charge in [-0.15, -0.1) is 11.8 Å². The number of rotatable bonds is 4. The average Bonchev–Trinajstić information content (AvgIpc) is 2.60. The molecule has 1 aliphatic carbocycles. The van der Waals surface area contributed by atoms with Crippen LogP contribution in [0.5, 0.6) is 0 Å². The number of thioether (sulfide) groups is 1. The highest BCUT2D eigenvalue weighted by Gasteiger charge is 2.41. The van der Waals surface area contributed by atoms with Gasteiger partial charge in [0.25, 0.3) is 0 Å². The van der Waals surface area contributed by atoms with E-state index in [2.05, 4.69) is 10.6 Å². The highest BCUT2D eigenvalue weighted by Crippen LogP contribution is 2.42. The summed E-state index contributed by atoms with van der Waals surface area (Å²) >= 11 is 13.4. The molecule has 1 fully saturated rings. The van der Waals surface area contributed by atoms with Gasteiger partial charge in [0.05, 0.1) is 16.5 Å². The Kier molecular flexibility index (Phi) is 5.10. The summed E-state index contributed by atoms with van der Waals surface area (Å²) in [4.78, 5) is 26.0. The molecule has 1 unspecified atom stereocenters. The molecule has 2 N–H and O–H groups in total. The van der Waals surface area contributed by atoms with Crippen LogP contribution in [0, 0.1) is 0 Å². The quantitative estimate of drug-likeness (QED) is 0.731. The maximum atomic E-state index is 12.7. The van der Waals surface area contributed by atoms with Gasteiger partial charge in [0.15, 0.2) is 0 Å². The number of halogens is 2. The maximum absolute atomic E-state index is 12.7. The largest absolute Gasteiger partial charge is 0.347 e. The molecule has 4 rings (SSSR count). The Morgan fingerprint density at radius 2 is 1.85 bits per heavy atom. The van der Waals surface area contributed by atoms with Crippen molar-refractivity contribution in [3.05, 3.63) is 58.1 Å². The van der Waals surface area contributed by atoms with E-state index in [9.17, 15) is 9.59 Å². The molecule has 1 heterocycles. The topological polar surface area (TPSA) is 58.2 Å². The van der Waals surface area contributed by atoms with Crippen LogP contribution in [0.2, 0.25) is 10.0 Å². The van der Waals surface area contributed by atoms with E-state index < -0.39 is 5.25 Å². The lowest BCUT2D eigenvalue weighted by atomic mass is 9.71. The maximum Gasteiger partial charge on any atom is 0.238 e. The molecule has 0 radical (unpaired) electrons. The van der Waals surface area contributed by atoms with Crippen LogP contribution in [-0.4, -0.2) is 17.1 Å². The van der Waals surface area contributed by atoms with Crippen molar-refractivity contribution in [3.8, 4) is 0 Å². The number of hydrogen-bond donors (Lipinski definition) is 2. The smallest absolute Gasteiger partial charge is 0.238 e. The SMILES string of the molecule is O=C(CC1Sc2ccc(Cl)cc2NC1=O)NC1(c2ccc(Cl)cc2)CCC1. The van der Waals surface area contributed by atoms with Crippen molar-refractivity contribution in [3.63, 3.8) is 0 Å². The molecule has 1 atom stereocenters. The van der Waals surface area contributed by atoms with Gasteiger partial charge in [0.2, 0.25) is 11.8 Å². The number of benzene rings is 2. The third-order valence-electron chi connectivity index (χ3n) is 5.11. The molecule has 7 heteroatoms. The molecule has 2 aromatic rings. The molecular weight excluding hydrogens is 403 g/mol. The summed E-state index contributed by atoms with van der Waals surface area (Å²) in [5.74, 6) is -0.284. The van der Waals surface area contributed by atoms with Gasteiger partial charge in [0.1, 0.15) is 0 Å². The molecule has 2 aromatic carbocycles. The van der Waals surface area contributed by atoms with Crippen LogP contribution in [0.25, 0.3) is 0 Å². The first kappa shape index (κ1) is 18.7.